The number of anilines is 1. The van der Waals surface area contributed by atoms with Gasteiger partial charge in [-0.05, 0) is 0 Å². The molecular weight excluding hydrogens is 224 g/mol. The number of hydrogen-bond donors (Lipinski definition) is 1. The summed E-state index contributed by atoms with van der Waals surface area (Å²) in [5.74, 6) is -0.270. The van der Waals surface area contributed by atoms with E-state index in [1.807, 2.05) is 17.8 Å². The number of carboxylic acid groups (broad SMARTS) is 1. The van der Waals surface area contributed by atoms with Crippen LogP contribution in [-0.2, 0) is 13.6 Å². The molecule has 0 bridgehead atoms. The third-order valence-corrected chi connectivity index (χ3v) is 2.34. The highest BCUT2D eigenvalue weighted by molar-refractivity contribution is 5.85. The van der Waals surface area contributed by atoms with Crippen molar-refractivity contribution < 1.29 is 14.3 Å². The Hall–Kier alpha value is -2.31. The number of aromatic nitrogens is 3. The van der Waals surface area contributed by atoms with Gasteiger partial charge in [0.2, 0.25) is 0 Å². The van der Waals surface area contributed by atoms with E-state index in [1.54, 1.807) is 18.1 Å². The zero-order chi connectivity index (χ0) is 12.4. The number of oxazole rings is 1. The molecule has 0 fully saturated rings. The Morgan fingerprint density at radius 3 is 2.94 bits per heavy atom. The quantitative estimate of drug-likeness (QED) is 0.842. The highest BCUT2D eigenvalue weighted by atomic mass is 16.4. The van der Waals surface area contributed by atoms with Gasteiger partial charge in [0.1, 0.15) is 12.1 Å². The highest BCUT2D eigenvalue weighted by Gasteiger charge is 2.14. The summed E-state index contributed by atoms with van der Waals surface area (Å²) in [6, 6.07) is 0.255. The molecule has 2 rings (SSSR count). The predicted molar refractivity (Wildman–Crippen MR) is 58.8 cm³/mol. The van der Waals surface area contributed by atoms with Crippen LogP contribution in [0.15, 0.2) is 23.1 Å². The summed E-state index contributed by atoms with van der Waals surface area (Å²) in [6.07, 6.45) is 4.65. The Kier molecular flexibility index (Phi) is 2.82. The van der Waals surface area contributed by atoms with Crippen molar-refractivity contribution in [3.05, 3.63) is 30.2 Å². The fourth-order valence-electron chi connectivity index (χ4n) is 1.37. The summed E-state index contributed by atoms with van der Waals surface area (Å²) >= 11 is 0. The maximum absolute atomic E-state index is 10.7. The topological polar surface area (TPSA) is 84.4 Å². The molecule has 0 aliphatic heterocycles. The van der Waals surface area contributed by atoms with Gasteiger partial charge >= 0.3 is 5.97 Å². The molecule has 90 valence electrons. The largest absolute Gasteiger partial charge is 0.476 e. The summed E-state index contributed by atoms with van der Waals surface area (Å²) in [5, 5.41) is 8.72. The standard InChI is InChI=1S/C10H12N4O3/c1-13-4-3-11-8(13)5-14(2)10-12-7(6-17-10)9(15)16/h3-4,6H,5H2,1-2H3,(H,15,16). The molecule has 7 nitrogen and oxygen atoms in total. The van der Waals surface area contributed by atoms with E-state index >= 15 is 0 Å². The second-order valence-corrected chi connectivity index (χ2v) is 3.63. The molecule has 0 aromatic carbocycles. The molecule has 0 saturated carbocycles. The number of aromatic carboxylic acids is 1. The monoisotopic (exact) mass is 236 g/mol. The van der Waals surface area contributed by atoms with Crippen LogP contribution in [0, 0.1) is 0 Å². The summed E-state index contributed by atoms with van der Waals surface area (Å²) < 4.78 is 6.95. The van der Waals surface area contributed by atoms with Crippen LogP contribution in [-0.4, -0.2) is 32.7 Å². The first-order valence-electron chi connectivity index (χ1n) is 4.94. The summed E-state index contributed by atoms with van der Waals surface area (Å²) in [4.78, 5) is 20.3. The van der Waals surface area contributed by atoms with Gasteiger partial charge in [0.25, 0.3) is 6.01 Å². The predicted octanol–water partition coefficient (Wildman–Crippen LogP) is 0.743. The minimum Gasteiger partial charge on any atom is -0.476 e. The lowest BCUT2D eigenvalue weighted by molar-refractivity contribution is 0.0690. The van der Waals surface area contributed by atoms with Gasteiger partial charge in [-0.1, -0.05) is 0 Å². The van der Waals surface area contributed by atoms with Gasteiger partial charge in [-0.2, -0.15) is 4.98 Å². The summed E-state index contributed by atoms with van der Waals surface area (Å²) in [6.45, 7) is 0.489. The fraction of sp³-hybridized carbons (Fsp3) is 0.300. The number of aryl methyl sites for hydroxylation is 1. The Balaban J connectivity index is 2.12. The first kappa shape index (κ1) is 11.2. The number of carbonyl (C=O) groups is 1. The van der Waals surface area contributed by atoms with Crippen LogP contribution in [0.25, 0.3) is 0 Å². The SMILES string of the molecule is CN(Cc1nccn1C)c1nc(C(=O)O)co1. The molecule has 2 heterocycles. The maximum atomic E-state index is 10.7. The number of hydrogen-bond acceptors (Lipinski definition) is 5. The van der Waals surface area contributed by atoms with E-state index in [0.29, 0.717) is 6.54 Å². The summed E-state index contributed by atoms with van der Waals surface area (Å²) in [7, 11) is 3.64. The lowest BCUT2D eigenvalue weighted by Crippen LogP contribution is -2.19. The van der Waals surface area contributed by atoms with E-state index in [0.717, 1.165) is 12.1 Å². The molecule has 0 unspecified atom stereocenters. The van der Waals surface area contributed by atoms with Crippen molar-refractivity contribution in [2.45, 2.75) is 6.54 Å². The molecule has 7 heteroatoms. The lowest BCUT2D eigenvalue weighted by Gasteiger charge is -2.13. The first-order chi connectivity index (χ1) is 8.08. The number of nitrogens with zero attached hydrogens (tertiary/aromatic N) is 4. The van der Waals surface area contributed by atoms with Crippen LogP contribution < -0.4 is 4.90 Å². The molecule has 0 aliphatic rings. The fourth-order valence-corrected chi connectivity index (χ4v) is 1.37. The van der Waals surface area contributed by atoms with Crippen LogP contribution in [0.5, 0.6) is 0 Å². The van der Waals surface area contributed by atoms with Crippen LogP contribution in [0.4, 0.5) is 6.01 Å². The van der Waals surface area contributed by atoms with Crippen molar-refractivity contribution in [3.63, 3.8) is 0 Å². The van der Waals surface area contributed by atoms with E-state index in [9.17, 15) is 4.79 Å². The molecule has 2 aromatic heterocycles. The average molecular weight is 236 g/mol. The van der Waals surface area contributed by atoms with Crippen LogP contribution >= 0.6 is 0 Å². The number of rotatable bonds is 4. The van der Waals surface area contributed by atoms with Crippen LogP contribution in [0.2, 0.25) is 0 Å². The van der Waals surface area contributed by atoms with Gasteiger partial charge in [0.15, 0.2) is 5.69 Å². The number of carboxylic acids is 1. The lowest BCUT2D eigenvalue weighted by atomic mass is 10.5. The molecule has 1 N–H and O–H groups in total. The van der Waals surface area contributed by atoms with Gasteiger partial charge in [-0.25, -0.2) is 9.78 Å². The Morgan fingerprint density at radius 2 is 2.41 bits per heavy atom. The number of imidazole rings is 1. The third kappa shape index (κ3) is 2.27. The Bertz CT molecular complexity index is 531. The average Bonchev–Trinajstić information content (AvgIpc) is 2.88. The highest BCUT2D eigenvalue weighted by Crippen LogP contribution is 2.14. The van der Waals surface area contributed by atoms with Gasteiger partial charge in [0, 0.05) is 26.5 Å². The van der Waals surface area contributed by atoms with Crippen molar-refractivity contribution in [1.29, 1.82) is 0 Å². The molecule has 0 aliphatic carbocycles. The van der Waals surface area contributed by atoms with Gasteiger partial charge in [0.05, 0.1) is 6.54 Å². The third-order valence-electron chi connectivity index (χ3n) is 2.34. The smallest absolute Gasteiger partial charge is 0.357 e. The van der Waals surface area contributed by atoms with E-state index in [-0.39, 0.29) is 11.7 Å². The minimum atomic E-state index is -1.11. The summed E-state index contributed by atoms with van der Waals surface area (Å²) in [5.41, 5.74) is -0.105. The molecular formula is C10H12N4O3. The van der Waals surface area contributed by atoms with Gasteiger partial charge < -0.3 is 19.0 Å². The van der Waals surface area contributed by atoms with Crippen molar-refractivity contribution >= 4 is 12.0 Å². The van der Waals surface area contributed by atoms with E-state index < -0.39 is 5.97 Å². The van der Waals surface area contributed by atoms with E-state index in [4.69, 9.17) is 9.52 Å². The van der Waals surface area contributed by atoms with Crippen LogP contribution in [0.3, 0.4) is 0 Å². The zero-order valence-electron chi connectivity index (χ0n) is 9.49. The van der Waals surface area contributed by atoms with Gasteiger partial charge in [-0.3, -0.25) is 0 Å². The van der Waals surface area contributed by atoms with E-state index in [1.165, 1.54) is 0 Å². The Labute approximate surface area is 97.3 Å². The Morgan fingerprint density at radius 1 is 1.65 bits per heavy atom. The van der Waals surface area contributed by atoms with Crippen molar-refractivity contribution in [1.82, 2.24) is 14.5 Å². The van der Waals surface area contributed by atoms with Crippen LogP contribution in [0.1, 0.15) is 16.3 Å². The molecule has 0 atom stereocenters. The normalized spacial score (nSPS) is 10.5. The zero-order valence-corrected chi connectivity index (χ0v) is 9.49. The first-order valence-corrected chi connectivity index (χ1v) is 4.94. The molecule has 0 spiro atoms. The maximum Gasteiger partial charge on any atom is 0.357 e. The molecule has 17 heavy (non-hydrogen) atoms. The minimum absolute atomic E-state index is 0.105. The van der Waals surface area contributed by atoms with Gasteiger partial charge in [-0.15, -0.1) is 0 Å². The second kappa shape index (κ2) is 4.28. The molecule has 0 saturated heterocycles. The van der Waals surface area contributed by atoms with Crippen molar-refractivity contribution in [2.24, 2.45) is 7.05 Å². The second-order valence-electron chi connectivity index (χ2n) is 3.63. The van der Waals surface area contributed by atoms with Crippen molar-refractivity contribution in [2.75, 3.05) is 11.9 Å². The molecule has 2 aromatic rings. The molecule has 0 radical (unpaired) electrons. The molecule has 0 amide bonds. The van der Waals surface area contributed by atoms with E-state index in [2.05, 4.69) is 9.97 Å². The van der Waals surface area contributed by atoms with Crippen molar-refractivity contribution in [3.8, 4) is 0 Å².